The number of aliphatic carboxylic acids is 1. The molecule has 1 saturated carbocycles. The Kier molecular flexibility index (Phi) is 4.82. The summed E-state index contributed by atoms with van der Waals surface area (Å²) in [7, 11) is 0. The topological polar surface area (TPSA) is 69.6 Å². The zero-order valence-corrected chi connectivity index (χ0v) is 13.3. The van der Waals surface area contributed by atoms with E-state index < -0.39 is 43.1 Å². The van der Waals surface area contributed by atoms with Crippen molar-refractivity contribution in [2.24, 2.45) is 23.2 Å². The molecular formula is C15H23F3N2O3. The Hall–Kier alpha value is -1.47. The van der Waals surface area contributed by atoms with Crippen LogP contribution in [0.1, 0.15) is 33.1 Å². The van der Waals surface area contributed by atoms with Crippen LogP contribution in [-0.2, 0) is 4.79 Å². The first-order valence-corrected chi connectivity index (χ1v) is 7.84. The van der Waals surface area contributed by atoms with Gasteiger partial charge in [0.25, 0.3) is 0 Å². The van der Waals surface area contributed by atoms with Crippen molar-refractivity contribution in [3.63, 3.8) is 0 Å². The van der Waals surface area contributed by atoms with Crippen molar-refractivity contribution < 1.29 is 27.9 Å². The molecule has 0 spiro atoms. The van der Waals surface area contributed by atoms with Gasteiger partial charge in [0.05, 0.1) is 11.8 Å². The number of likely N-dealkylation sites (tertiary alicyclic amines) is 1. The number of urea groups is 1. The van der Waals surface area contributed by atoms with Gasteiger partial charge >= 0.3 is 18.2 Å². The summed E-state index contributed by atoms with van der Waals surface area (Å²) in [5.74, 6) is -4.82. The van der Waals surface area contributed by atoms with E-state index in [-0.39, 0.29) is 5.41 Å². The lowest BCUT2D eigenvalue weighted by molar-refractivity contribution is -0.187. The molecule has 132 valence electrons. The fourth-order valence-electron chi connectivity index (χ4n) is 3.65. The van der Waals surface area contributed by atoms with Crippen LogP contribution in [0.4, 0.5) is 18.0 Å². The van der Waals surface area contributed by atoms with E-state index in [1.807, 2.05) is 0 Å². The molecule has 23 heavy (non-hydrogen) atoms. The lowest BCUT2D eigenvalue weighted by Gasteiger charge is -2.28. The molecule has 0 aromatic heterocycles. The Morgan fingerprint density at radius 1 is 1.30 bits per heavy atom. The van der Waals surface area contributed by atoms with E-state index in [1.54, 1.807) is 0 Å². The summed E-state index contributed by atoms with van der Waals surface area (Å²) in [6.45, 7) is 3.65. The van der Waals surface area contributed by atoms with Crippen LogP contribution < -0.4 is 5.32 Å². The standard InChI is InChI=1S/C15H23F3N2O3/c1-14(2)5-3-4-9(14)6-19-13(23)20-7-10(12(21)22)11(8-20)15(16,17)18/h9-11H,3-8H2,1-2H3,(H,19,23)(H,21,22)/t9?,10-,11-/m1/s1. The highest BCUT2D eigenvalue weighted by Crippen LogP contribution is 2.42. The summed E-state index contributed by atoms with van der Waals surface area (Å²) in [4.78, 5) is 24.1. The van der Waals surface area contributed by atoms with Gasteiger partial charge in [-0.25, -0.2) is 4.79 Å². The molecule has 1 unspecified atom stereocenters. The summed E-state index contributed by atoms with van der Waals surface area (Å²) in [6.07, 6.45) is -1.50. The molecule has 5 nitrogen and oxygen atoms in total. The monoisotopic (exact) mass is 336 g/mol. The molecule has 8 heteroatoms. The van der Waals surface area contributed by atoms with Gasteiger partial charge in [0.1, 0.15) is 0 Å². The predicted octanol–water partition coefficient (Wildman–Crippen LogP) is 2.72. The highest BCUT2D eigenvalue weighted by Gasteiger charge is 2.53. The zero-order chi connectivity index (χ0) is 17.4. The normalized spacial score (nSPS) is 30.5. The lowest BCUT2D eigenvalue weighted by Crippen LogP contribution is -2.42. The second kappa shape index (κ2) is 6.20. The van der Waals surface area contributed by atoms with Crippen LogP contribution in [0.2, 0.25) is 0 Å². The van der Waals surface area contributed by atoms with Crippen LogP contribution >= 0.6 is 0 Å². The maximum Gasteiger partial charge on any atom is 0.394 e. The number of amides is 2. The Morgan fingerprint density at radius 2 is 1.96 bits per heavy atom. The Morgan fingerprint density at radius 3 is 2.39 bits per heavy atom. The van der Waals surface area contributed by atoms with Crippen LogP contribution in [0.5, 0.6) is 0 Å². The second-order valence-electron chi connectivity index (χ2n) is 7.26. The van der Waals surface area contributed by atoms with Gasteiger partial charge in [-0.2, -0.15) is 13.2 Å². The van der Waals surface area contributed by atoms with E-state index in [0.29, 0.717) is 12.5 Å². The molecule has 3 atom stereocenters. The van der Waals surface area contributed by atoms with Gasteiger partial charge in [0.2, 0.25) is 0 Å². The molecule has 1 saturated heterocycles. The number of carbonyl (C=O) groups excluding carboxylic acids is 1. The first kappa shape index (κ1) is 17.9. The molecular weight excluding hydrogens is 313 g/mol. The van der Waals surface area contributed by atoms with E-state index in [4.69, 9.17) is 5.11 Å². The van der Waals surface area contributed by atoms with Gasteiger partial charge in [0, 0.05) is 19.6 Å². The first-order valence-electron chi connectivity index (χ1n) is 7.84. The van der Waals surface area contributed by atoms with Crippen LogP contribution in [0, 0.1) is 23.2 Å². The summed E-state index contributed by atoms with van der Waals surface area (Å²) in [5.41, 5.74) is 0.108. The van der Waals surface area contributed by atoms with Gasteiger partial charge in [-0.05, 0) is 24.2 Å². The average molecular weight is 336 g/mol. The Balaban J connectivity index is 1.94. The Bertz CT molecular complexity index is 479. The van der Waals surface area contributed by atoms with Crippen molar-refractivity contribution in [1.82, 2.24) is 10.2 Å². The SMILES string of the molecule is CC1(C)CCCC1CNC(=O)N1C[C@@H](C(F)(F)F)[C@H](C(=O)O)C1. The molecule has 0 radical (unpaired) electrons. The van der Waals surface area contributed by atoms with Crippen molar-refractivity contribution in [2.75, 3.05) is 19.6 Å². The third-order valence-corrected chi connectivity index (χ3v) is 5.32. The summed E-state index contributed by atoms with van der Waals surface area (Å²) in [5, 5.41) is 11.6. The minimum atomic E-state index is -4.62. The molecule has 0 aromatic carbocycles. The molecule has 2 fully saturated rings. The number of rotatable bonds is 3. The van der Waals surface area contributed by atoms with Gasteiger partial charge in [0.15, 0.2) is 0 Å². The Labute approximate surface area is 133 Å². The number of alkyl halides is 3. The second-order valence-corrected chi connectivity index (χ2v) is 7.26. The fraction of sp³-hybridized carbons (Fsp3) is 0.867. The van der Waals surface area contributed by atoms with Crippen molar-refractivity contribution in [3.8, 4) is 0 Å². The molecule has 2 rings (SSSR count). The first-order chi connectivity index (χ1) is 10.5. The van der Waals surface area contributed by atoms with E-state index in [0.717, 1.165) is 24.2 Å². The highest BCUT2D eigenvalue weighted by molar-refractivity contribution is 5.77. The van der Waals surface area contributed by atoms with Gasteiger partial charge in [-0.1, -0.05) is 20.3 Å². The third-order valence-electron chi connectivity index (χ3n) is 5.32. The van der Waals surface area contributed by atoms with E-state index in [2.05, 4.69) is 19.2 Å². The number of hydrogen-bond acceptors (Lipinski definition) is 2. The van der Waals surface area contributed by atoms with Crippen LogP contribution in [0.15, 0.2) is 0 Å². The van der Waals surface area contributed by atoms with Gasteiger partial charge in [-0.15, -0.1) is 0 Å². The van der Waals surface area contributed by atoms with Gasteiger partial charge < -0.3 is 15.3 Å². The minimum absolute atomic E-state index is 0.108. The lowest BCUT2D eigenvalue weighted by atomic mass is 9.82. The number of carboxylic acids is 1. The largest absolute Gasteiger partial charge is 0.481 e. The van der Waals surface area contributed by atoms with E-state index in [9.17, 15) is 22.8 Å². The van der Waals surface area contributed by atoms with Crippen LogP contribution in [0.25, 0.3) is 0 Å². The number of carboxylic acid groups (broad SMARTS) is 1. The minimum Gasteiger partial charge on any atom is -0.481 e. The summed E-state index contributed by atoms with van der Waals surface area (Å²) < 4.78 is 38.8. The van der Waals surface area contributed by atoms with Crippen molar-refractivity contribution in [1.29, 1.82) is 0 Å². The molecule has 1 aliphatic heterocycles. The van der Waals surface area contributed by atoms with Crippen molar-refractivity contribution >= 4 is 12.0 Å². The number of hydrogen-bond donors (Lipinski definition) is 2. The maximum absolute atomic E-state index is 12.9. The summed E-state index contributed by atoms with van der Waals surface area (Å²) >= 11 is 0. The maximum atomic E-state index is 12.9. The molecule has 0 bridgehead atoms. The number of nitrogens with one attached hydrogen (secondary N) is 1. The molecule has 2 aliphatic rings. The smallest absolute Gasteiger partial charge is 0.394 e. The molecule has 0 aromatic rings. The van der Waals surface area contributed by atoms with Crippen molar-refractivity contribution in [2.45, 2.75) is 39.3 Å². The number of carbonyl (C=O) groups is 2. The van der Waals surface area contributed by atoms with Gasteiger partial charge in [-0.3, -0.25) is 4.79 Å². The summed E-state index contributed by atoms with van der Waals surface area (Å²) in [6, 6.07) is -0.606. The third kappa shape index (κ3) is 3.90. The van der Waals surface area contributed by atoms with E-state index >= 15 is 0 Å². The van der Waals surface area contributed by atoms with Crippen LogP contribution in [0.3, 0.4) is 0 Å². The van der Waals surface area contributed by atoms with Crippen molar-refractivity contribution in [3.05, 3.63) is 0 Å². The number of halogens is 3. The fourth-order valence-corrected chi connectivity index (χ4v) is 3.65. The molecule has 1 aliphatic carbocycles. The van der Waals surface area contributed by atoms with E-state index in [1.165, 1.54) is 0 Å². The quantitative estimate of drug-likeness (QED) is 0.832. The molecule has 2 N–H and O–H groups in total. The molecule has 1 heterocycles. The highest BCUT2D eigenvalue weighted by atomic mass is 19.4. The molecule has 2 amide bonds. The average Bonchev–Trinajstić information content (AvgIpc) is 2.99. The predicted molar refractivity (Wildman–Crippen MR) is 76.8 cm³/mol. The van der Waals surface area contributed by atoms with Crippen LogP contribution in [-0.4, -0.2) is 47.8 Å². The number of nitrogens with zero attached hydrogens (tertiary/aromatic N) is 1. The zero-order valence-electron chi connectivity index (χ0n) is 13.3.